The van der Waals surface area contributed by atoms with Crippen LogP contribution in [0.4, 0.5) is 0 Å². The summed E-state index contributed by atoms with van der Waals surface area (Å²) in [5.74, 6) is 0.0864. The van der Waals surface area contributed by atoms with Crippen LogP contribution in [0, 0.1) is 5.92 Å². The minimum absolute atomic E-state index is 0.0304. The number of hydrogen-bond acceptors (Lipinski definition) is 4. The number of carbonyl (C=O) groups is 1. The number of aliphatic hydroxyl groups excluding tert-OH is 1. The first-order valence-corrected chi connectivity index (χ1v) is 8.02. The first-order chi connectivity index (χ1) is 9.70. The van der Waals surface area contributed by atoms with E-state index in [-0.39, 0.29) is 30.1 Å². The van der Waals surface area contributed by atoms with Crippen LogP contribution >= 0.6 is 0 Å². The van der Waals surface area contributed by atoms with E-state index in [0.29, 0.717) is 19.5 Å². The number of rotatable bonds is 6. The molecule has 1 heterocycles. The molecule has 0 aromatic heterocycles. The molecule has 0 aromatic rings. The van der Waals surface area contributed by atoms with Crippen molar-refractivity contribution < 1.29 is 14.6 Å². The lowest BCUT2D eigenvalue weighted by molar-refractivity contribution is -0.138. The van der Waals surface area contributed by atoms with Crippen molar-refractivity contribution in [2.75, 3.05) is 19.6 Å². The van der Waals surface area contributed by atoms with Gasteiger partial charge in [0, 0.05) is 25.6 Å². The second-order valence-corrected chi connectivity index (χ2v) is 6.02. The molecule has 3 atom stereocenters. The van der Waals surface area contributed by atoms with Crippen molar-refractivity contribution in [1.82, 2.24) is 10.6 Å². The highest BCUT2D eigenvalue weighted by Gasteiger charge is 2.27. The number of carbonyl (C=O) groups excluding carboxylic acids is 1. The Morgan fingerprint density at radius 1 is 1.35 bits per heavy atom. The van der Waals surface area contributed by atoms with Gasteiger partial charge in [-0.1, -0.05) is 26.2 Å². The molecular formula is C15H28N2O3. The summed E-state index contributed by atoms with van der Waals surface area (Å²) in [4.78, 5) is 12.2. The van der Waals surface area contributed by atoms with E-state index in [1.807, 2.05) is 6.92 Å². The third-order valence-corrected chi connectivity index (χ3v) is 4.41. The van der Waals surface area contributed by atoms with Gasteiger partial charge in [-0.2, -0.15) is 0 Å². The zero-order valence-corrected chi connectivity index (χ0v) is 12.4. The summed E-state index contributed by atoms with van der Waals surface area (Å²) in [6, 6.07) is 0. The van der Waals surface area contributed by atoms with Gasteiger partial charge in [-0.25, -0.2) is 0 Å². The summed E-state index contributed by atoms with van der Waals surface area (Å²) >= 11 is 0. The summed E-state index contributed by atoms with van der Waals surface area (Å²) in [5.41, 5.74) is 0. The van der Waals surface area contributed by atoms with Gasteiger partial charge in [0.05, 0.1) is 12.2 Å². The number of nitrogens with one attached hydrogen (secondary N) is 2. The highest BCUT2D eigenvalue weighted by molar-refractivity contribution is 5.80. The van der Waals surface area contributed by atoms with E-state index in [4.69, 9.17) is 4.74 Å². The Morgan fingerprint density at radius 3 is 2.70 bits per heavy atom. The predicted molar refractivity (Wildman–Crippen MR) is 77.4 cm³/mol. The van der Waals surface area contributed by atoms with Crippen molar-refractivity contribution in [3.05, 3.63) is 0 Å². The topological polar surface area (TPSA) is 70.6 Å². The molecule has 0 aromatic carbocycles. The molecule has 2 aliphatic rings. The van der Waals surface area contributed by atoms with Gasteiger partial charge in [0.1, 0.15) is 6.10 Å². The molecule has 1 amide bonds. The SMILES string of the molecule is CCC(OC1CCCCC1)C(=O)NCC1CNCC1O. The molecule has 2 rings (SSSR count). The number of amides is 1. The number of ether oxygens (including phenoxy) is 1. The van der Waals surface area contributed by atoms with Crippen LogP contribution in [0.15, 0.2) is 0 Å². The Hall–Kier alpha value is -0.650. The molecule has 0 spiro atoms. The number of hydrogen-bond donors (Lipinski definition) is 3. The van der Waals surface area contributed by atoms with E-state index in [9.17, 15) is 9.90 Å². The van der Waals surface area contributed by atoms with Gasteiger partial charge in [-0.15, -0.1) is 0 Å². The van der Waals surface area contributed by atoms with Gasteiger partial charge in [0.2, 0.25) is 5.91 Å². The lowest BCUT2D eigenvalue weighted by atomic mass is 9.97. The maximum absolute atomic E-state index is 12.2. The smallest absolute Gasteiger partial charge is 0.249 e. The fraction of sp³-hybridized carbons (Fsp3) is 0.933. The molecular weight excluding hydrogens is 256 g/mol. The molecule has 116 valence electrons. The molecule has 2 fully saturated rings. The van der Waals surface area contributed by atoms with Crippen molar-refractivity contribution in [1.29, 1.82) is 0 Å². The van der Waals surface area contributed by atoms with Crippen molar-refractivity contribution in [2.45, 2.75) is 63.8 Å². The summed E-state index contributed by atoms with van der Waals surface area (Å²) in [6.45, 7) is 3.90. The molecule has 1 saturated heterocycles. The van der Waals surface area contributed by atoms with Gasteiger partial charge in [-0.3, -0.25) is 4.79 Å². The summed E-state index contributed by atoms with van der Waals surface area (Å²) in [6.07, 6.45) is 6.12. The van der Waals surface area contributed by atoms with Crippen LogP contribution in [0.1, 0.15) is 45.4 Å². The van der Waals surface area contributed by atoms with Gasteiger partial charge in [0.15, 0.2) is 0 Å². The Labute approximate surface area is 121 Å². The van der Waals surface area contributed by atoms with E-state index in [1.54, 1.807) is 0 Å². The zero-order chi connectivity index (χ0) is 14.4. The normalized spacial score (nSPS) is 29.3. The fourth-order valence-corrected chi connectivity index (χ4v) is 3.05. The van der Waals surface area contributed by atoms with Gasteiger partial charge in [0.25, 0.3) is 0 Å². The lowest BCUT2D eigenvalue weighted by Crippen LogP contribution is -2.42. The first-order valence-electron chi connectivity index (χ1n) is 8.02. The fourth-order valence-electron chi connectivity index (χ4n) is 3.05. The van der Waals surface area contributed by atoms with Gasteiger partial charge in [-0.05, 0) is 19.3 Å². The Morgan fingerprint density at radius 2 is 2.10 bits per heavy atom. The van der Waals surface area contributed by atoms with E-state index in [0.717, 1.165) is 19.4 Å². The van der Waals surface area contributed by atoms with Crippen LogP contribution in [0.2, 0.25) is 0 Å². The molecule has 1 saturated carbocycles. The van der Waals surface area contributed by atoms with Gasteiger partial charge >= 0.3 is 0 Å². The third-order valence-electron chi connectivity index (χ3n) is 4.41. The lowest BCUT2D eigenvalue weighted by Gasteiger charge is -2.27. The largest absolute Gasteiger partial charge is 0.391 e. The maximum Gasteiger partial charge on any atom is 0.249 e. The quantitative estimate of drug-likeness (QED) is 0.675. The van der Waals surface area contributed by atoms with Crippen LogP contribution in [0.3, 0.4) is 0 Å². The molecule has 1 aliphatic carbocycles. The predicted octanol–water partition coefficient (Wildman–Crippen LogP) is 0.811. The van der Waals surface area contributed by atoms with Crippen molar-refractivity contribution >= 4 is 5.91 Å². The Balaban J connectivity index is 1.73. The molecule has 5 heteroatoms. The minimum Gasteiger partial charge on any atom is -0.391 e. The molecule has 3 unspecified atom stereocenters. The van der Waals surface area contributed by atoms with Gasteiger partial charge < -0.3 is 20.5 Å². The second kappa shape index (κ2) is 7.96. The van der Waals surface area contributed by atoms with Crippen LogP contribution < -0.4 is 10.6 Å². The highest BCUT2D eigenvalue weighted by atomic mass is 16.5. The van der Waals surface area contributed by atoms with Crippen molar-refractivity contribution in [3.8, 4) is 0 Å². The van der Waals surface area contributed by atoms with E-state index in [1.165, 1.54) is 19.3 Å². The van der Waals surface area contributed by atoms with Crippen molar-refractivity contribution in [3.63, 3.8) is 0 Å². The summed E-state index contributed by atoms with van der Waals surface area (Å²) < 4.78 is 5.95. The Kier molecular flexibility index (Phi) is 6.26. The standard InChI is InChI=1S/C15H28N2O3/c1-2-14(20-12-6-4-3-5-7-12)15(19)17-9-11-8-16-10-13(11)18/h11-14,16,18H,2-10H2,1H3,(H,17,19). The average molecular weight is 284 g/mol. The molecule has 1 aliphatic heterocycles. The van der Waals surface area contributed by atoms with E-state index in [2.05, 4.69) is 10.6 Å². The summed E-state index contributed by atoms with van der Waals surface area (Å²) in [5, 5.41) is 15.8. The van der Waals surface area contributed by atoms with Crippen LogP contribution in [-0.4, -0.2) is 49.0 Å². The monoisotopic (exact) mass is 284 g/mol. The number of aliphatic hydroxyl groups is 1. The van der Waals surface area contributed by atoms with E-state index < -0.39 is 0 Å². The number of β-amino-alcohol motifs (C(OH)–C–C–N with tert-alkyl or cyclic N) is 1. The van der Waals surface area contributed by atoms with Crippen molar-refractivity contribution in [2.24, 2.45) is 5.92 Å². The third kappa shape index (κ3) is 4.43. The molecule has 0 bridgehead atoms. The van der Waals surface area contributed by atoms with Crippen LogP contribution in [0.25, 0.3) is 0 Å². The van der Waals surface area contributed by atoms with Crippen LogP contribution in [-0.2, 0) is 9.53 Å². The maximum atomic E-state index is 12.2. The average Bonchev–Trinajstić information content (AvgIpc) is 2.88. The zero-order valence-electron chi connectivity index (χ0n) is 12.4. The molecule has 3 N–H and O–H groups in total. The highest BCUT2D eigenvalue weighted by Crippen LogP contribution is 2.22. The van der Waals surface area contributed by atoms with E-state index >= 15 is 0 Å². The second-order valence-electron chi connectivity index (χ2n) is 6.02. The van der Waals surface area contributed by atoms with Crippen LogP contribution in [0.5, 0.6) is 0 Å². The molecule has 0 radical (unpaired) electrons. The molecule has 5 nitrogen and oxygen atoms in total. The molecule has 20 heavy (non-hydrogen) atoms. The first kappa shape index (κ1) is 15.7. The summed E-state index contributed by atoms with van der Waals surface area (Å²) in [7, 11) is 0. The minimum atomic E-state index is -0.352. The Bertz CT molecular complexity index is 305.